The van der Waals surface area contributed by atoms with Gasteiger partial charge in [0.25, 0.3) is 0 Å². The third-order valence-corrected chi connectivity index (χ3v) is 4.98. The van der Waals surface area contributed by atoms with Gasteiger partial charge in [0.2, 0.25) is 11.8 Å². The van der Waals surface area contributed by atoms with Gasteiger partial charge in [-0.3, -0.25) is 9.79 Å². The van der Waals surface area contributed by atoms with E-state index >= 15 is 0 Å². The van der Waals surface area contributed by atoms with Crippen LogP contribution >= 0.6 is 24.0 Å². The quantitative estimate of drug-likeness (QED) is 0.341. The Morgan fingerprint density at radius 1 is 1.39 bits per heavy atom. The molecule has 7 nitrogen and oxygen atoms in total. The second-order valence-electron chi connectivity index (χ2n) is 7.75. The Balaban J connectivity index is 0.00000280. The van der Waals surface area contributed by atoms with Crippen LogP contribution < -0.4 is 15.4 Å². The Morgan fingerprint density at radius 3 is 2.86 bits per heavy atom. The third kappa shape index (κ3) is 6.79. The second-order valence-corrected chi connectivity index (χ2v) is 7.75. The largest absolute Gasteiger partial charge is 0.477 e. The summed E-state index contributed by atoms with van der Waals surface area (Å²) in [6, 6.07) is 4.18. The Morgan fingerprint density at radius 2 is 2.18 bits per heavy atom. The van der Waals surface area contributed by atoms with E-state index in [-0.39, 0.29) is 41.8 Å². The molecule has 3 rings (SSSR count). The standard InChI is InChI=1S/C20H31N5O2.HI/c1-14(2)19(26)25-9-7-17(12-25)24-20(21-3)23-11-16-6-8-22-18(10-16)27-13-15-4-5-15;/h6,8,10,14-15,17H,4-5,7,9,11-13H2,1-3H3,(H2,21,23,24);1H. The molecule has 2 fully saturated rings. The molecule has 1 aromatic heterocycles. The Hall–Kier alpha value is -1.58. The number of pyridine rings is 1. The molecule has 2 aliphatic rings. The normalized spacial score (nSPS) is 19.4. The SMILES string of the molecule is CN=C(NCc1ccnc(OCC2CC2)c1)NC1CCN(C(=O)C(C)C)C1.I. The molecular weight excluding hydrogens is 469 g/mol. The molecule has 2 N–H and O–H groups in total. The molecule has 0 spiro atoms. The van der Waals surface area contributed by atoms with Gasteiger partial charge in [0.15, 0.2) is 5.96 Å². The predicted octanol–water partition coefficient (Wildman–Crippen LogP) is 2.41. The molecule has 1 unspecified atom stereocenters. The molecule has 1 aliphatic heterocycles. The molecule has 28 heavy (non-hydrogen) atoms. The van der Waals surface area contributed by atoms with Crippen LogP contribution in [0.5, 0.6) is 5.88 Å². The van der Waals surface area contributed by atoms with E-state index < -0.39 is 0 Å². The molecule has 1 atom stereocenters. The van der Waals surface area contributed by atoms with Gasteiger partial charge in [0, 0.05) is 50.9 Å². The number of ether oxygens (including phenoxy) is 1. The summed E-state index contributed by atoms with van der Waals surface area (Å²) in [6.07, 6.45) is 5.25. The number of aliphatic imine (C=N–C) groups is 1. The van der Waals surface area contributed by atoms with Crippen molar-refractivity contribution in [3.63, 3.8) is 0 Å². The molecule has 8 heteroatoms. The van der Waals surface area contributed by atoms with Crippen LogP contribution in [0, 0.1) is 11.8 Å². The van der Waals surface area contributed by atoms with E-state index in [2.05, 4.69) is 20.6 Å². The maximum atomic E-state index is 12.1. The highest BCUT2D eigenvalue weighted by atomic mass is 127. The second kappa shape index (κ2) is 10.8. The minimum Gasteiger partial charge on any atom is -0.477 e. The number of halogens is 1. The molecule has 1 saturated heterocycles. The maximum Gasteiger partial charge on any atom is 0.225 e. The first kappa shape index (κ1) is 22.7. The van der Waals surface area contributed by atoms with E-state index in [4.69, 9.17) is 4.74 Å². The number of nitrogens with one attached hydrogen (secondary N) is 2. The lowest BCUT2D eigenvalue weighted by Gasteiger charge is -2.20. The lowest BCUT2D eigenvalue weighted by molar-refractivity contribution is -0.133. The highest BCUT2D eigenvalue weighted by molar-refractivity contribution is 14.0. The highest BCUT2D eigenvalue weighted by Crippen LogP contribution is 2.29. The first-order valence-electron chi connectivity index (χ1n) is 9.89. The van der Waals surface area contributed by atoms with Gasteiger partial charge in [-0.25, -0.2) is 4.98 Å². The van der Waals surface area contributed by atoms with Crippen molar-refractivity contribution in [2.24, 2.45) is 16.8 Å². The number of amides is 1. The zero-order valence-electron chi connectivity index (χ0n) is 17.0. The highest BCUT2D eigenvalue weighted by Gasteiger charge is 2.28. The van der Waals surface area contributed by atoms with Crippen molar-refractivity contribution in [3.05, 3.63) is 23.9 Å². The number of aromatic nitrogens is 1. The summed E-state index contributed by atoms with van der Waals surface area (Å²) in [4.78, 5) is 22.6. The van der Waals surface area contributed by atoms with Gasteiger partial charge in [0.1, 0.15) is 0 Å². The maximum absolute atomic E-state index is 12.1. The van der Waals surface area contributed by atoms with Crippen LogP contribution in [0.1, 0.15) is 38.7 Å². The number of carbonyl (C=O) groups is 1. The molecule has 0 radical (unpaired) electrons. The molecule has 156 valence electrons. The molecule has 1 aliphatic carbocycles. The molecule has 1 amide bonds. The van der Waals surface area contributed by atoms with Crippen molar-refractivity contribution in [1.29, 1.82) is 0 Å². The fourth-order valence-electron chi connectivity index (χ4n) is 3.14. The number of likely N-dealkylation sites (tertiary alicyclic amines) is 1. The van der Waals surface area contributed by atoms with Crippen LogP contribution in [0.3, 0.4) is 0 Å². The Bertz CT molecular complexity index is 678. The van der Waals surface area contributed by atoms with Crippen LogP contribution in [0.2, 0.25) is 0 Å². The van der Waals surface area contributed by atoms with E-state index in [1.807, 2.05) is 30.9 Å². The Labute approximate surface area is 184 Å². The van der Waals surface area contributed by atoms with Gasteiger partial charge < -0.3 is 20.3 Å². The number of hydrogen-bond donors (Lipinski definition) is 2. The van der Waals surface area contributed by atoms with E-state index in [1.54, 1.807) is 13.2 Å². The van der Waals surface area contributed by atoms with Crippen molar-refractivity contribution in [3.8, 4) is 5.88 Å². The van der Waals surface area contributed by atoms with Crippen LogP contribution in [0.4, 0.5) is 0 Å². The molecule has 1 saturated carbocycles. The predicted molar refractivity (Wildman–Crippen MR) is 121 cm³/mol. The van der Waals surface area contributed by atoms with Gasteiger partial charge in [0.05, 0.1) is 6.61 Å². The summed E-state index contributed by atoms with van der Waals surface area (Å²) in [7, 11) is 1.76. The smallest absolute Gasteiger partial charge is 0.225 e. The topological polar surface area (TPSA) is 78.9 Å². The number of rotatable bonds is 7. The van der Waals surface area contributed by atoms with Crippen LogP contribution in [-0.2, 0) is 11.3 Å². The number of guanidine groups is 1. The average molecular weight is 501 g/mol. The summed E-state index contributed by atoms with van der Waals surface area (Å²) >= 11 is 0. The lowest BCUT2D eigenvalue weighted by Crippen LogP contribution is -2.45. The van der Waals surface area contributed by atoms with E-state index in [0.717, 1.165) is 37.6 Å². The van der Waals surface area contributed by atoms with E-state index in [1.165, 1.54) is 12.8 Å². The summed E-state index contributed by atoms with van der Waals surface area (Å²) in [5, 5.41) is 6.76. The average Bonchev–Trinajstić information content (AvgIpc) is 3.39. The minimum atomic E-state index is 0. The van der Waals surface area contributed by atoms with Crippen LogP contribution in [-0.4, -0.2) is 54.5 Å². The minimum absolute atomic E-state index is 0. The molecule has 2 heterocycles. The van der Waals surface area contributed by atoms with Gasteiger partial charge in [-0.2, -0.15) is 0 Å². The number of carbonyl (C=O) groups excluding carboxylic acids is 1. The molecule has 1 aromatic rings. The summed E-state index contributed by atoms with van der Waals surface area (Å²) in [6.45, 7) is 6.83. The number of hydrogen-bond acceptors (Lipinski definition) is 4. The fraction of sp³-hybridized carbons (Fsp3) is 0.650. The first-order valence-corrected chi connectivity index (χ1v) is 9.89. The Kier molecular flexibility index (Phi) is 8.78. The fourth-order valence-corrected chi connectivity index (χ4v) is 3.14. The van der Waals surface area contributed by atoms with E-state index in [0.29, 0.717) is 18.3 Å². The van der Waals surface area contributed by atoms with Crippen molar-refractivity contribution < 1.29 is 9.53 Å². The third-order valence-electron chi connectivity index (χ3n) is 4.98. The molecule has 0 aromatic carbocycles. The van der Waals surface area contributed by atoms with Crippen molar-refractivity contribution in [2.75, 3.05) is 26.7 Å². The van der Waals surface area contributed by atoms with Gasteiger partial charge in [-0.05, 0) is 36.8 Å². The van der Waals surface area contributed by atoms with Crippen LogP contribution in [0.25, 0.3) is 0 Å². The monoisotopic (exact) mass is 501 g/mol. The van der Waals surface area contributed by atoms with E-state index in [9.17, 15) is 4.79 Å². The zero-order chi connectivity index (χ0) is 19.2. The van der Waals surface area contributed by atoms with Crippen molar-refractivity contribution in [2.45, 2.75) is 45.7 Å². The molecule has 0 bridgehead atoms. The molecular formula is C20H32IN5O2. The lowest BCUT2D eigenvalue weighted by atomic mass is 10.2. The van der Waals surface area contributed by atoms with Gasteiger partial charge >= 0.3 is 0 Å². The van der Waals surface area contributed by atoms with Gasteiger partial charge in [-0.1, -0.05) is 13.8 Å². The van der Waals surface area contributed by atoms with Crippen LogP contribution in [0.15, 0.2) is 23.3 Å². The van der Waals surface area contributed by atoms with Crippen molar-refractivity contribution >= 4 is 35.8 Å². The van der Waals surface area contributed by atoms with Crippen molar-refractivity contribution in [1.82, 2.24) is 20.5 Å². The summed E-state index contributed by atoms with van der Waals surface area (Å²) < 4.78 is 5.74. The summed E-state index contributed by atoms with van der Waals surface area (Å²) in [5.74, 6) is 2.41. The zero-order valence-corrected chi connectivity index (χ0v) is 19.3. The van der Waals surface area contributed by atoms with Gasteiger partial charge in [-0.15, -0.1) is 24.0 Å². The number of nitrogens with zero attached hydrogens (tertiary/aromatic N) is 3. The summed E-state index contributed by atoms with van der Waals surface area (Å²) in [5.41, 5.74) is 1.10. The first-order chi connectivity index (χ1) is 13.0.